The Balaban J connectivity index is 2.02. The quantitative estimate of drug-likeness (QED) is 0.696. The Morgan fingerprint density at radius 3 is 2.70 bits per heavy atom. The van der Waals surface area contributed by atoms with Crippen LogP contribution < -0.4 is 0 Å². The van der Waals surface area contributed by atoms with Gasteiger partial charge in [0.15, 0.2) is 0 Å². The van der Waals surface area contributed by atoms with Crippen molar-refractivity contribution in [3.63, 3.8) is 0 Å². The second kappa shape index (κ2) is 5.20. The molecule has 0 aliphatic carbocycles. The van der Waals surface area contributed by atoms with Crippen molar-refractivity contribution in [2.75, 3.05) is 0 Å². The predicted octanol–water partition coefficient (Wildman–Crippen LogP) is 5.07. The SMILES string of the molecule is OC(c1ccc(Br)c(F)c1)c1cc2cc(Cl)ccc2o1. The molecule has 1 N–H and O–H groups in total. The van der Waals surface area contributed by atoms with Gasteiger partial charge in [0, 0.05) is 10.4 Å². The Hall–Kier alpha value is -1.36. The Bertz CT molecular complexity index is 785. The van der Waals surface area contributed by atoms with Gasteiger partial charge < -0.3 is 9.52 Å². The van der Waals surface area contributed by atoms with E-state index in [1.165, 1.54) is 6.07 Å². The molecule has 0 radical (unpaired) electrons. The van der Waals surface area contributed by atoms with E-state index in [0.29, 0.717) is 26.4 Å². The maximum absolute atomic E-state index is 13.5. The minimum atomic E-state index is -1.02. The Labute approximate surface area is 127 Å². The van der Waals surface area contributed by atoms with Gasteiger partial charge in [-0.15, -0.1) is 0 Å². The number of hydrogen-bond acceptors (Lipinski definition) is 2. The highest BCUT2D eigenvalue weighted by molar-refractivity contribution is 9.10. The van der Waals surface area contributed by atoms with Crippen LogP contribution in [0.3, 0.4) is 0 Å². The molecule has 0 fully saturated rings. The van der Waals surface area contributed by atoms with Crippen LogP contribution in [0.25, 0.3) is 11.0 Å². The van der Waals surface area contributed by atoms with Crippen LogP contribution in [-0.4, -0.2) is 5.11 Å². The first-order valence-corrected chi connectivity index (χ1v) is 7.04. The van der Waals surface area contributed by atoms with E-state index >= 15 is 0 Å². The zero-order chi connectivity index (χ0) is 14.3. The van der Waals surface area contributed by atoms with Gasteiger partial charge in [-0.05, 0) is 57.9 Å². The van der Waals surface area contributed by atoms with Crippen LogP contribution in [0, 0.1) is 5.82 Å². The van der Waals surface area contributed by atoms with Gasteiger partial charge in [0.25, 0.3) is 0 Å². The van der Waals surface area contributed by atoms with Crippen LogP contribution in [0.5, 0.6) is 0 Å². The van der Waals surface area contributed by atoms with Gasteiger partial charge in [-0.1, -0.05) is 17.7 Å². The first-order valence-electron chi connectivity index (χ1n) is 5.86. The van der Waals surface area contributed by atoms with Gasteiger partial charge in [0.05, 0.1) is 4.47 Å². The summed E-state index contributed by atoms with van der Waals surface area (Å²) in [4.78, 5) is 0. The number of hydrogen-bond donors (Lipinski definition) is 1. The van der Waals surface area contributed by atoms with Crippen molar-refractivity contribution < 1.29 is 13.9 Å². The first-order chi connectivity index (χ1) is 9.54. The lowest BCUT2D eigenvalue weighted by Gasteiger charge is -2.08. The molecule has 1 aromatic heterocycles. The molecule has 0 saturated carbocycles. The van der Waals surface area contributed by atoms with Gasteiger partial charge in [0.1, 0.15) is 23.3 Å². The molecule has 0 aliphatic heterocycles. The van der Waals surface area contributed by atoms with Crippen LogP contribution in [-0.2, 0) is 0 Å². The average molecular weight is 356 g/mol. The summed E-state index contributed by atoms with van der Waals surface area (Å²) in [6.07, 6.45) is -1.02. The monoisotopic (exact) mass is 354 g/mol. The highest BCUT2D eigenvalue weighted by Crippen LogP contribution is 2.30. The molecule has 3 rings (SSSR count). The highest BCUT2D eigenvalue weighted by Gasteiger charge is 2.17. The lowest BCUT2D eigenvalue weighted by Crippen LogP contribution is -1.98. The van der Waals surface area contributed by atoms with Crippen molar-refractivity contribution in [1.29, 1.82) is 0 Å². The number of aliphatic hydroxyl groups is 1. The number of fused-ring (bicyclic) bond motifs is 1. The van der Waals surface area contributed by atoms with Crippen LogP contribution in [0.4, 0.5) is 4.39 Å². The van der Waals surface area contributed by atoms with E-state index in [1.54, 1.807) is 36.4 Å². The summed E-state index contributed by atoms with van der Waals surface area (Å²) in [7, 11) is 0. The van der Waals surface area contributed by atoms with Gasteiger partial charge >= 0.3 is 0 Å². The number of benzene rings is 2. The van der Waals surface area contributed by atoms with Crippen LogP contribution in [0.2, 0.25) is 5.02 Å². The second-order valence-corrected chi connectivity index (χ2v) is 5.70. The molecular weight excluding hydrogens is 347 g/mol. The Morgan fingerprint density at radius 2 is 1.95 bits per heavy atom. The molecule has 1 atom stereocenters. The predicted molar refractivity (Wildman–Crippen MR) is 79.4 cm³/mol. The zero-order valence-electron chi connectivity index (χ0n) is 10.1. The van der Waals surface area contributed by atoms with E-state index in [2.05, 4.69) is 15.9 Å². The fourth-order valence-electron chi connectivity index (χ4n) is 2.02. The fraction of sp³-hybridized carbons (Fsp3) is 0.0667. The van der Waals surface area contributed by atoms with Crippen LogP contribution in [0.15, 0.2) is 51.4 Å². The maximum Gasteiger partial charge on any atom is 0.138 e. The van der Waals surface area contributed by atoms with Crippen molar-refractivity contribution in [3.05, 3.63) is 69.1 Å². The van der Waals surface area contributed by atoms with Gasteiger partial charge in [-0.3, -0.25) is 0 Å². The molecule has 2 aromatic carbocycles. The third kappa shape index (κ3) is 2.46. The van der Waals surface area contributed by atoms with Crippen molar-refractivity contribution in [1.82, 2.24) is 0 Å². The lowest BCUT2D eigenvalue weighted by molar-refractivity contribution is 0.192. The van der Waals surface area contributed by atoms with Gasteiger partial charge in [-0.25, -0.2) is 4.39 Å². The largest absolute Gasteiger partial charge is 0.458 e. The summed E-state index contributed by atoms with van der Waals surface area (Å²) < 4.78 is 19.4. The van der Waals surface area contributed by atoms with E-state index in [9.17, 15) is 9.50 Å². The fourth-order valence-corrected chi connectivity index (χ4v) is 2.44. The normalized spacial score (nSPS) is 12.8. The van der Waals surface area contributed by atoms with Crippen molar-refractivity contribution in [2.24, 2.45) is 0 Å². The van der Waals surface area contributed by atoms with Gasteiger partial charge in [-0.2, -0.15) is 0 Å². The van der Waals surface area contributed by atoms with E-state index in [1.807, 2.05) is 0 Å². The molecule has 20 heavy (non-hydrogen) atoms. The number of rotatable bonds is 2. The minimum absolute atomic E-state index is 0.351. The summed E-state index contributed by atoms with van der Waals surface area (Å²) in [5.41, 5.74) is 1.05. The molecule has 5 heteroatoms. The summed E-state index contributed by atoms with van der Waals surface area (Å²) in [6, 6.07) is 11.4. The standard InChI is InChI=1S/C15H9BrClFO2/c16-11-3-1-8(6-12(11)18)15(19)14-7-9-5-10(17)2-4-13(9)20-14/h1-7,15,19H. The van der Waals surface area contributed by atoms with Crippen molar-refractivity contribution >= 4 is 38.5 Å². The third-order valence-corrected chi connectivity index (χ3v) is 3.90. The molecule has 1 unspecified atom stereocenters. The van der Waals surface area contributed by atoms with E-state index in [-0.39, 0.29) is 0 Å². The smallest absolute Gasteiger partial charge is 0.138 e. The second-order valence-electron chi connectivity index (χ2n) is 4.41. The third-order valence-electron chi connectivity index (χ3n) is 3.03. The molecule has 0 bridgehead atoms. The molecule has 2 nitrogen and oxygen atoms in total. The molecule has 1 heterocycles. The Morgan fingerprint density at radius 1 is 1.15 bits per heavy atom. The molecule has 0 amide bonds. The Kier molecular flexibility index (Phi) is 3.54. The molecule has 0 saturated heterocycles. The number of halogens is 3. The van der Waals surface area contributed by atoms with Crippen LogP contribution >= 0.6 is 27.5 Å². The summed E-state index contributed by atoms with van der Waals surface area (Å²) in [6.45, 7) is 0. The summed E-state index contributed by atoms with van der Waals surface area (Å²) >= 11 is 8.98. The van der Waals surface area contributed by atoms with Crippen molar-refractivity contribution in [2.45, 2.75) is 6.10 Å². The zero-order valence-corrected chi connectivity index (χ0v) is 12.5. The highest BCUT2D eigenvalue weighted by atomic mass is 79.9. The molecular formula is C15H9BrClFO2. The average Bonchev–Trinajstić information content (AvgIpc) is 2.84. The van der Waals surface area contributed by atoms with Crippen molar-refractivity contribution in [3.8, 4) is 0 Å². The topological polar surface area (TPSA) is 33.4 Å². The van der Waals surface area contributed by atoms with E-state index in [0.717, 1.165) is 5.39 Å². The molecule has 3 aromatic rings. The summed E-state index contributed by atoms with van der Waals surface area (Å²) in [5, 5.41) is 11.7. The lowest BCUT2D eigenvalue weighted by atomic mass is 10.1. The molecule has 0 spiro atoms. The summed E-state index contributed by atoms with van der Waals surface area (Å²) in [5.74, 6) is -0.0790. The maximum atomic E-state index is 13.5. The van der Waals surface area contributed by atoms with E-state index < -0.39 is 11.9 Å². The van der Waals surface area contributed by atoms with E-state index in [4.69, 9.17) is 16.0 Å². The number of aliphatic hydroxyl groups excluding tert-OH is 1. The first kappa shape index (κ1) is 13.6. The minimum Gasteiger partial charge on any atom is -0.458 e. The number of furan rings is 1. The van der Waals surface area contributed by atoms with Crippen LogP contribution in [0.1, 0.15) is 17.4 Å². The van der Waals surface area contributed by atoms with Gasteiger partial charge in [0.2, 0.25) is 0 Å². The molecule has 102 valence electrons. The molecule has 0 aliphatic rings.